The summed E-state index contributed by atoms with van der Waals surface area (Å²) in [5, 5.41) is 24.6. The van der Waals surface area contributed by atoms with Gasteiger partial charge in [-0.3, -0.25) is 9.89 Å². The maximum absolute atomic E-state index is 12.1. The molecule has 1 aromatic rings. The molecule has 0 aromatic carbocycles. The first-order chi connectivity index (χ1) is 8.69. The van der Waals surface area contributed by atoms with Crippen molar-refractivity contribution in [2.45, 2.75) is 18.8 Å². The number of nitrogens with one attached hydrogen (secondary N) is 1. The average Bonchev–Trinajstić information content (AvgIpc) is 3.12. The molecule has 1 amide bonds. The molecular weight excluding hydrogens is 236 g/mol. The van der Waals surface area contributed by atoms with Gasteiger partial charge in [-0.15, -0.1) is 0 Å². The molecule has 7 nitrogen and oxygen atoms in total. The van der Waals surface area contributed by atoms with Crippen LogP contribution in [0.1, 0.15) is 34.9 Å². The number of carbonyl (C=O) groups is 1. The second-order valence-corrected chi connectivity index (χ2v) is 4.41. The van der Waals surface area contributed by atoms with Crippen LogP contribution in [0.3, 0.4) is 0 Å². The van der Waals surface area contributed by atoms with E-state index in [1.165, 1.54) is 4.90 Å². The largest absolute Gasteiger partial charge is 0.395 e. The third kappa shape index (κ3) is 2.46. The number of amides is 1. The molecule has 0 unspecified atom stereocenters. The van der Waals surface area contributed by atoms with E-state index in [-0.39, 0.29) is 37.9 Å². The molecule has 0 atom stereocenters. The molecule has 0 aliphatic heterocycles. The molecule has 1 aliphatic rings. The zero-order valence-corrected chi connectivity index (χ0v) is 10.1. The summed E-state index contributed by atoms with van der Waals surface area (Å²) in [7, 11) is 0. The SMILES string of the molecule is Nc1c(C(=O)N(CCO)CCO)n[nH]c1C1CC1. The molecule has 0 radical (unpaired) electrons. The van der Waals surface area contributed by atoms with Gasteiger partial charge in [0.1, 0.15) is 0 Å². The lowest BCUT2D eigenvalue weighted by molar-refractivity contribution is 0.0680. The van der Waals surface area contributed by atoms with Gasteiger partial charge in [-0.25, -0.2) is 0 Å². The summed E-state index contributed by atoms with van der Waals surface area (Å²) in [6.45, 7) is -0.00793. The van der Waals surface area contributed by atoms with E-state index in [9.17, 15) is 4.79 Å². The van der Waals surface area contributed by atoms with Crippen molar-refractivity contribution in [3.8, 4) is 0 Å². The van der Waals surface area contributed by atoms with E-state index < -0.39 is 0 Å². The molecule has 5 N–H and O–H groups in total. The van der Waals surface area contributed by atoms with E-state index in [1.807, 2.05) is 0 Å². The number of hydrogen-bond acceptors (Lipinski definition) is 5. The number of nitrogen functional groups attached to an aromatic ring is 1. The zero-order valence-electron chi connectivity index (χ0n) is 10.1. The molecule has 0 saturated heterocycles. The number of hydrogen-bond donors (Lipinski definition) is 4. The molecule has 1 fully saturated rings. The van der Waals surface area contributed by atoms with E-state index in [2.05, 4.69) is 10.2 Å². The number of aromatic amines is 1. The highest BCUT2D eigenvalue weighted by Gasteiger charge is 2.31. The van der Waals surface area contributed by atoms with Crippen LogP contribution < -0.4 is 5.73 Å². The first-order valence-electron chi connectivity index (χ1n) is 6.03. The minimum atomic E-state index is -0.362. The highest BCUT2D eigenvalue weighted by molar-refractivity contribution is 5.97. The molecule has 2 rings (SSSR count). The van der Waals surface area contributed by atoms with Crippen molar-refractivity contribution in [2.24, 2.45) is 0 Å². The van der Waals surface area contributed by atoms with Crippen LogP contribution in [0.4, 0.5) is 5.69 Å². The molecule has 0 bridgehead atoms. The Balaban J connectivity index is 2.15. The third-order valence-electron chi connectivity index (χ3n) is 3.05. The third-order valence-corrected chi connectivity index (χ3v) is 3.05. The predicted octanol–water partition coefficient (Wildman–Crippen LogP) is -0.704. The Morgan fingerprint density at radius 3 is 2.50 bits per heavy atom. The van der Waals surface area contributed by atoms with Gasteiger partial charge in [-0.05, 0) is 12.8 Å². The average molecular weight is 254 g/mol. The van der Waals surface area contributed by atoms with Gasteiger partial charge in [-0.2, -0.15) is 5.10 Å². The molecular formula is C11H18N4O3. The van der Waals surface area contributed by atoms with Crippen molar-refractivity contribution >= 4 is 11.6 Å². The van der Waals surface area contributed by atoms with E-state index >= 15 is 0 Å². The zero-order chi connectivity index (χ0) is 13.1. The number of rotatable bonds is 6. The summed E-state index contributed by atoms with van der Waals surface area (Å²) in [6.07, 6.45) is 2.13. The van der Waals surface area contributed by atoms with E-state index in [0.29, 0.717) is 11.6 Å². The summed E-state index contributed by atoms with van der Waals surface area (Å²) in [6, 6.07) is 0. The molecule has 1 aromatic heterocycles. The second-order valence-electron chi connectivity index (χ2n) is 4.41. The molecule has 1 aliphatic carbocycles. The monoisotopic (exact) mass is 254 g/mol. The smallest absolute Gasteiger partial charge is 0.276 e. The standard InChI is InChI=1S/C11H18N4O3/c12-8-9(7-1-2-7)13-14-10(8)11(18)15(3-5-16)4-6-17/h7,16-17H,1-6,12H2,(H,13,14). The topological polar surface area (TPSA) is 115 Å². The summed E-state index contributed by atoms with van der Waals surface area (Å²) in [5.74, 6) is 0.0296. The Bertz CT molecular complexity index is 422. The van der Waals surface area contributed by atoms with Crippen molar-refractivity contribution in [3.63, 3.8) is 0 Å². The number of aliphatic hydroxyl groups is 2. The van der Waals surface area contributed by atoms with Crippen molar-refractivity contribution in [1.82, 2.24) is 15.1 Å². The van der Waals surface area contributed by atoms with E-state index in [1.54, 1.807) is 0 Å². The quantitative estimate of drug-likeness (QED) is 0.535. The highest BCUT2D eigenvalue weighted by atomic mass is 16.3. The van der Waals surface area contributed by atoms with Gasteiger partial charge in [-0.1, -0.05) is 0 Å². The number of aromatic nitrogens is 2. The molecule has 100 valence electrons. The Morgan fingerprint density at radius 1 is 1.39 bits per heavy atom. The van der Waals surface area contributed by atoms with Crippen molar-refractivity contribution in [1.29, 1.82) is 0 Å². The lowest BCUT2D eigenvalue weighted by Gasteiger charge is -2.19. The van der Waals surface area contributed by atoms with Gasteiger partial charge in [0.2, 0.25) is 0 Å². The second kappa shape index (κ2) is 5.36. The molecule has 1 saturated carbocycles. The van der Waals surface area contributed by atoms with Crippen molar-refractivity contribution in [3.05, 3.63) is 11.4 Å². The van der Waals surface area contributed by atoms with Gasteiger partial charge in [0.05, 0.1) is 24.6 Å². The van der Waals surface area contributed by atoms with Crippen LogP contribution in [-0.2, 0) is 0 Å². The molecule has 18 heavy (non-hydrogen) atoms. The van der Waals surface area contributed by atoms with Crippen LogP contribution in [-0.4, -0.2) is 57.5 Å². The van der Waals surface area contributed by atoms with Crippen LogP contribution >= 0.6 is 0 Å². The summed E-state index contributed by atoms with van der Waals surface area (Å²) in [5.41, 5.74) is 7.31. The number of anilines is 1. The minimum absolute atomic E-state index is 0.157. The Kier molecular flexibility index (Phi) is 3.83. The van der Waals surface area contributed by atoms with Crippen molar-refractivity contribution in [2.75, 3.05) is 32.0 Å². The number of nitrogens with zero attached hydrogens (tertiary/aromatic N) is 2. The molecule has 1 heterocycles. The molecule has 0 spiro atoms. The number of nitrogens with two attached hydrogens (primary N) is 1. The Hall–Kier alpha value is -1.60. The van der Waals surface area contributed by atoms with Crippen LogP contribution in [0.15, 0.2) is 0 Å². The fourth-order valence-corrected chi connectivity index (χ4v) is 1.92. The Labute approximate surface area is 105 Å². The number of H-pyrrole nitrogens is 1. The van der Waals surface area contributed by atoms with Gasteiger partial charge < -0.3 is 20.8 Å². The highest BCUT2D eigenvalue weighted by Crippen LogP contribution is 2.42. The fourth-order valence-electron chi connectivity index (χ4n) is 1.92. The van der Waals surface area contributed by atoms with Crippen LogP contribution in [0.25, 0.3) is 0 Å². The van der Waals surface area contributed by atoms with Gasteiger partial charge in [0, 0.05) is 19.0 Å². The van der Waals surface area contributed by atoms with E-state index in [0.717, 1.165) is 18.5 Å². The molecule has 7 heteroatoms. The van der Waals surface area contributed by atoms with Crippen LogP contribution in [0, 0.1) is 0 Å². The summed E-state index contributed by atoms with van der Waals surface area (Å²) in [4.78, 5) is 13.5. The van der Waals surface area contributed by atoms with Gasteiger partial charge in [0.25, 0.3) is 5.91 Å². The lowest BCUT2D eigenvalue weighted by atomic mass is 10.2. The minimum Gasteiger partial charge on any atom is -0.395 e. The number of carbonyl (C=O) groups excluding carboxylic acids is 1. The first kappa shape index (κ1) is 12.8. The first-order valence-corrected chi connectivity index (χ1v) is 6.03. The summed E-state index contributed by atoms with van der Waals surface area (Å²) >= 11 is 0. The predicted molar refractivity (Wildman–Crippen MR) is 65.1 cm³/mol. The maximum Gasteiger partial charge on any atom is 0.276 e. The lowest BCUT2D eigenvalue weighted by Crippen LogP contribution is -2.36. The van der Waals surface area contributed by atoms with Gasteiger partial charge in [0.15, 0.2) is 5.69 Å². The maximum atomic E-state index is 12.1. The number of aliphatic hydroxyl groups excluding tert-OH is 2. The van der Waals surface area contributed by atoms with Crippen molar-refractivity contribution < 1.29 is 15.0 Å². The van der Waals surface area contributed by atoms with E-state index in [4.69, 9.17) is 15.9 Å². The Morgan fingerprint density at radius 2 is 2.00 bits per heavy atom. The van der Waals surface area contributed by atoms with Crippen LogP contribution in [0.5, 0.6) is 0 Å². The van der Waals surface area contributed by atoms with Gasteiger partial charge >= 0.3 is 0 Å². The van der Waals surface area contributed by atoms with Crippen LogP contribution in [0.2, 0.25) is 0 Å². The summed E-state index contributed by atoms with van der Waals surface area (Å²) < 4.78 is 0. The normalized spacial score (nSPS) is 14.8. The fraction of sp³-hybridized carbons (Fsp3) is 0.636.